The van der Waals surface area contributed by atoms with Crippen LogP contribution in [0, 0.1) is 13.8 Å². The van der Waals surface area contributed by atoms with Crippen LogP contribution in [-0.2, 0) is 6.54 Å². The molecule has 0 fully saturated rings. The van der Waals surface area contributed by atoms with Crippen molar-refractivity contribution < 1.29 is 4.79 Å². The number of aromatic nitrogens is 2. The maximum absolute atomic E-state index is 12.6. The number of para-hydroxylation sites is 1. The van der Waals surface area contributed by atoms with Gasteiger partial charge in [0.15, 0.2) is 10.9 Å². The van der Waals surface area contributed by atoms with E-state index in [1.807, 2.05) is 57.2 Å². The van der Waals surface area contributed by atoms with Crippen molar-refractivity contribution in [3.05, 3.63) is 69.5 Å². The molecule has 3 aromatic rings. The molecule has 2 aromatic carbocycles. The minimum absolute atomic E-state index is 0.0400. The van der Waals surface area contributed by atoms with Crippen LogP contribution >= 0.6 is 11.8 Å². The standard InChI is InChI=1S/C20H20N2O2S/c1-4-22-19(24)16-7-5-6-8-17(16)21-20(22)25-12-18(23)15-10-9-13(2)14(3)11-15/h5-11H,4,12H2,1-3H3. The Balaban J connectivity index is 1.88. The molecule has 1 aromatic heterocycles. The summed E-state index contributed by atoms with van der Waals surface area (Å²) in [4.78, 5) is 29.7. The number of hydrogen-bond acceptors (Lipinski definition) is 4. The molecule has 0 aliphatic rings. The lowest BCUT2D eigenvalue weighted by Gasteiger charge is -2.11. The van der Waals surface area contributed by atoms with Crippen LogP contribution in [0.4, 0.5) is 0 Å². The number of rotatable bonds is 5. The van der Waals surface area contributed by atoms with Crippen LogP contribution < -0.4 is 5.56 Å². The fourth-order valence-corrected chi connectivity index (χ4v) is 3.62. The van der Waals surface area contributed by atoms with Gasteiger partial charge in [0.05, 0.1) is 16.7 Å². The average Bonchev–Trinajstić information content (AvgIpc) is 2.62. The second-order valence-corrected chi connectivity index (χ2v) is 6.91. The summed E-state index contributed by atoms with van der Waals surface area (Å²) in [5.74, 6) is 0.297. The molecule has 0 spiro atoms. The van der Waals surface area contributed by atoms with E-state index in [0.717, 1.165) is 5.56 Å². The quantitative estimate of drug-likeness (QED) is 0.395. The zero-order chi connectivity index (χ0) is 18.0. The number of Topliss-reactive ketones (excluding diaryl/α,β-unsaturated/α-hetero) is 1. The first kappa shape index (κ1) is 17.4. The average molecular weight is 352 g/mol. The fraction of sp³-hybridized carbons (Fsp3) is 0.250. The molecule has 0 saturated carbocycles. The van der Waals surface area contributed by atoms with Crippen molar-refractivity contribution in [1.29, 1.82) is 0 Å². The van der Waals surface area contributed by atoms with Gasteiger partial charge in [-0.3, -0.25) is 14.2 Å². The minimum Gasteiger partial charge on any atom is -0.293 e. The molecule has 1 heterocycles. The highest BCUT2D eigenvalue weighted by Gasteiger charge is 2.13. The van der Waals surface area contributed by atoms with E-state index >= 15 is 0 Å². The number of fused-ring (bicyclic) bond motifs is 1. The molecule has 0 radical (unpaired) electrons. The number of aryl methyl sites for hydroxylation is 2. The van der Waals surface area contributed by atoms with Crippen LogP contribution in [0.1, 0.15) is 28.4 Å². The number of hydrogen-bond donors (Lipinski definition) is 0. The Morgan fingerprint density at radius 1 is 1.12 bits per heavy atom. The number of benzene rings is 2. The highest BCUT2D eigenvalue weighted by atomic mass is 32.2. The van der Waals surface area contributed by atoms with Crippen LogP contribution in [0.15, 0.2) is 52.4 Å². The first-order valence-electron chi connectivity index (χ1n) is 8.24. The maximum atomic E-state index is 12.6. The summed E-state index contributed by atoms with van der Waals surface area (Å²) in [7, 11) is 0. The number of nitrogens with zero attached hydrogens (tertiary/aromatic N) is 2. The zero-order valence-corrected chi connectivity index (χ0v) is 15.4. The maximum Gasteiger partial charge on any atom is 0.262 e. The Morgan fingerprint density at radius 2 is 1.88 bits per heavy atom. The second-order valence-electron chi connectivity index (χ2n) is 5.97. The predicted molar refractivity (Wildman–Crippen MR) is 103 cm³/mol. The van der Waals surface area contributed by atoms with Gasteiger partial charge in [-0.15, -0.1) is 0 Å². The van der Waals surface area contributed by atoms with Crippen LogP contribution in [0.5, 0.6) is 0 Å². The summed E-state index contributed by atoms with van der Waals surface area (Å²) in [6.45, 7) is 6.46. The number of carbonyl (C=O) groups excluding carboxylic acids is 1. The summed E-state index contributed by atoms with van der Waals surface area (Å²) < 4.78 is 1.63. The molecule has 128 valence electrons. The van der Waals surface area contributed by atoms with Gasteiger partial charge in [-0.2, -0.15) is 0 Å². The molecular formula is C20H20N2O2S. The van der Waals surface area contributed by atoms with Gasteiger partial charge in [0.2, 0.25) is 0 Å². The Kier molecular flexibility index (Phi) is 5.04. The van der Waals surface area contributed by atoms with E-state index in [1.54, 1.807) is 10.6 Å². The number of ketones is 1. The van der Waals surface area contributed by atoms with E-state index in [4.69, 9.17) is 0 Å². The molecular weight excluding hydrogens is 332 g/mol. The van der Waals surface area contributed by atoms with Crippen molar-refractivity contribution in [1.82, 2.24) is 9.55 Å². The van der Waals surface area contributed by atoms with Crippen molar-refractivity contribution in [3.8, 4) is 0 Å². The molecule has 4 nitrogen and oxygen atoms in total. The summed E-state index contributed by atoms with van der Waals surface area (Å²) in [6, 6.07) is 13.0. The van der Waals surface area contributed by atoms with E-state index < -0.39 is 0 Å². The van der Waals surface area contributed by atoms with Crippen LogP contribution in [0.3, 0.4) is 0 Å². The molecule has 0 aliphatic carbocycles. The van der Waals surface area contributed by atoms with Gasteiger partial charge in [-0.1, -0.05) is 36.0 Å². The van der Waals surface area contributed by atoms with Crippen LogP contribution in [0.25, 0.3) is 10.9 Å². The van der Waals surface area contributed by atoms with E-state index in [0.29, 0.717) is 28.2 Å². The van der Waals surface area contributed by atoms with Gasteiger partial charge in [0.25, 0.3) is 5.56 Å². The van der Waals surface area contributed by atoms with E-state index in [2.05, 4.69) is 4.98 Å². The first-order chi connectivity index (χ1) is 12.0. The third-order valence-corrected chi connectivity index (χ3v) is 5.28. The van der Waals surface area contributed by atoms with Gasteiger partial charge >= 0.3 is 0 Å². The van der Waals surface area contributed by atoms with E-state index in [9.17, 15) is 9.59 Å². The summed E-state index contributed by atoms with van der Waals surface area (Å²) in [5.41, 5.74) is 3.57. The Morgan fingerprint density at radius 3 is 2.60 bits per heavy atom. The van der Waals surface area contributed by atoms with Crippen molar-refractivity contribution in [2.75, 3.05) is 5.75 Å². The predicted octanol–water partition coefficient (Wildman–Crippen LogP) is 4.01. The van der Waals surface area contributed by atoms with Gasteiger partial charge in [0, 0.05) is 12.1 Å². The molecule has 0 unspecified atom stereocenters. The molecule has 0 bridgehead atoms. The summed E-state index contributed by atoms with van der Waals surface area (Å²) in [6.07, 6.45) is 0. The van der Waals surface area contributed by atoms with Gasteiger partial charge < -0.3 is 0 Å². The van der Waals surface area contributed by atoms with Crippen molar-refractivity contribution in [2.45, 2.75) is 32.5 Å². The first-order valence-corrected chi connectivity index (χ1v) is 9.22. The highest BCUT2D eigenvalue weighted by molar-refractivity contribution is 7.99. The molecule has 0 N–H and O–H groups in total. The Hall–Kier alpha value is -2.40. The third-order valence-electron chi connectivity index (χ3n) is 4.30. The zero-order valence-electron chi connectivity index (χ0n) is 14.6. The third kappa shape index (κ3) is 3.51. The van der Waals surface area contributed by atoms with Crippen molar-refractivity contribution in [3.63, 3.8) is 0 Å². The van der Waals surface area contributed by atoms with Gasteiger partial charge in [-0.05, 0) is 50.1 Å². The smallest absolute Gasteiger partial charge is 0.262 e. The molecule has 0 saturated heterocycles. The van der Waals surface area contributed by atoms with E-state index in [-0.39, 0.29) is 17.1 Å². The van der Waals surface area contributed by atoms with Crippen LogP contribution in [-0.4, -0.2) is 21.1 Å². The Labute approximate surface area is 150 Å². The lowest BCUT2D eigenvalue weighted by atomic mass is 10.0. The normalized spacial score (nSPS) is 11.0. The lowest BCUT2D eigenvalue weighted by Crippen LogP contribution is -2.22. The number of carbonyl (C=O) groups is 1. The second kappa shape index (κ2) is 7.23. The van der Waals surface area contributed by atoms with Gasteiger partial charge in [-0.25, -0.2) is 4.98 Å². The molecule has 0 amide bonds. The summed E-state index contributed by atoms with van der Waals surface area (Å²) >= 11 is 1.32. The molecule has 25 heavy (non-hydrogen) atoms. The lowest BCUT2D eigenvalue weighted by molar-refractivity contribution is 0.102. The monoisotopic (exact) mass is 352 g/mol. The van der Waals surface area contributed by atoms with E-state index in [1.165, 1.54) is 17.3 Å². The Bertz CT molecular complexity index is 1010. The SMILES string of the molecule is CCn1c(SCC(=O)c2ccc(C)c(C)c2)nc2ccccc2c1=O. The summed E-state index contributed by atoms with van der Waals surface area (Å²) in [5, 5.41) is 1.19. The largest absolute Gasteiger partial charge is 0.293 e. The van der Waals surface area contributed by atoms with Crippen LogP contribution in [0.2, 0.25) is 0 Å². The highest BCUT2D eigenvalue weighted by Crippen LogP contribution is 2.20. The number of thioether (sulfide) groups is 1. The minimum atomic E-state index is -0.0609. The van der Waals surface area contributed by atoms with Crippen molar-refractivity contribution >= 4 is 28.4 Å². The fourth-order valence-electron chi connectivity index (χ4n) is 2.67. The molecule has 5 heteroatoms. The molecule has 0 aliphatic heterocycles. The van der Waals surface area contributed by atoms with Gasteiger partial charge in [0.1, 0.15) is 0 Å². The van der Waals surface area contributed by atoms with Crippen molar-refractivity contribution in [2.24, 2.45) is 0 Å². The molecule has 0 atom stereocenters. The topological polar surface area (TPSA) is 52.0 Å². The molecule has 3 rings (SSSR count).